The highest BCUT2D eigenvalue weighted by atomic mass is 16.5. The van der Waals surface area contributed by atoms with Gasteiger partial charge in [-0.15, -0.1) is 0 Å². The Kier molecular flexibility index (Phi) is 5.22. The third-order valence-corrected chi connectivity index (χ3v) is 2.96. The number of carbonyl (C=O) groups excluding carboxylic acids is 1. The average Bonchev–Trinajstić information content (AvgIpc) is 3.01. The van der Waals surface area contributed by atoms with Crippen molar-refractivity contribution < 1.29 is 19.1 Å². The van der Waals surface area contributed by atoms with Crippen LogP contribution in [0.15, 0.2) is 47.3 Å². The molecule has 1 aromatic carbocycles. The third-order valence-electron chi connectivity index (χ3n) is 2.96. The lowest BCUT2D eigenvalue weighted by Crippen LogP contribution is -2.30. The van der Waals surface area contributed by atoms with Gasteiger partial charge in [-0.2, -0.15) is 0 Å². The van der Waals surface area contributed by atoms with E-state index in [0.717, 1.165) is 0 Å². The predicted molar refractivity (Wildman–Crippen MR) is 78.3 cm³/mol. The van der Waals surface area contributed by atoms with Crippen molar-refractivity contribution in [1.82, 2.24) is 5.32 Å². The molecule has 2 amide bonds. The van der Waals surface area contributed by atoms with Crippen molar-refractivity contribution in [2.24, 2.45) is 0 Å². The summed E-state index contributed by atoms with van der Waals surface area (Å²) < 4.78 is 9.97. The maximum atomic E-state index is 11.7. The summed E-state index contributed by atoms with van der Waals surface area (Å²) in [4.78, 5) is 11.7. The van der Waals surface area contributed by atoms with Crippen molar-refractivity contribution in [3.63, 3.8) is 0 Å². The first-order valence-electron chi connectivity index (χ1n) is 6.58. The molecule has 0 bridgehead atoms. The molecule has 0 saturated carbocycles. The van der Waals surface area contributed by atoms with Gasteiger partial charge in [0, 0.05) is 23.9 Å². The number of hydrogen-bond donors (Lipinski definition) is 3. The summed E-state index contributed by atoms with van der Waals surface area (Å²) in [5.74, 6) is 0.670. The minimum Gasteiger partial charge on any atom is -0.497 e. The maximum absolute atomic E-state index is 11.7. The number of amides is 2. The van der Waals surface area contributed by atoms with Crippen molar-refractivity contribution in [3.05, 3.63) is 48.4 Å². The number of nitrogens with one attached hydrogen (secondary N) is 2. The highest BCUT2D eigenvalue weighted by molar-refractivity contribution is 5.89. The van der Waals surface area contributed by atoms with Crippen molar-refractivity contribution in [2.75, 3.05) is 19.0 Å². The molecule has 1 aromatic heterocycles. The molecule has 1 atom stereocenters. The zero-order chi connectivity index (χ0) is 15.1. The van der Waals surface area contributed by atoms with Crippen molar-refractivity contribution >= 4 is 11.7 Å². The quantitative estimate of drug-likeness (QED) is 0.763. The fourth-order valence-corrected chi connectivity index (χ4v) is 1.83. The van der Waals surface area contributed by atoms with E-state index < -0.39 is 6.10 Å². The fraction of sp³-hybridized carbons (Fsp3) is 0.267. The lowest BCUT2D eigenvalue weighted by molar-refractivity contribution is 0.166. The maximum Gasteiger partial charge on any atom is 0.319 e. The van der Waals surface area contributed by atoms with Gasteiger partial charge in [0.05, 0.1) is 25.7 Å². The number of methoxy groups -OCH3 is 1. The van der Waals surface area contributed by atoms with Crippen LogP contribution in [-0.4, -0.2) is 24.8 Å². The molecule has 0 spiro atoms. The molecule has 3 N–H and O–H groups in total. The summed E-state index contributed by atoms with van der Waals surface area (Å²) >= 11 is 0. The number of aliphatic hydroxyl groups is 1. The minimum absolute atomic E-state index is 0.331. The van der Waals surface area contributed by atoms with E-state index in [1.165, 1.54) is 12.5 Å². The molecule has 2 rings (SSSR count). The monoisotopic (exact) mass is 290 g/mol. The van der Waals surface area contributed by atoms with Gasteiger partial charge < -0.3 is 24.9 Å². The molecule has 0 aliphatic rings. The SMILES string of the molecule is COc1cccc(NC(=O)NCCC(O)c2ccoc2)c1. The molecular weight excluding hydrogens is 272 g/mol. The average molecular weight is 290 g/mol. The summed E-state index contributed by atoms with van der Waals surface area (Å²) in [6, 6.07) is 8.44. The van der Waals surface area contributed by atoms with E-state index in [1.807, 2.05) is 0 Å². The molecule has 2 aromatic rings. The lowest BCUT2D eigenvalue weighted by Gasteiger charge is -2.11. The number of urea groups is 1. The summed E-state index contributed by atoms with van der Waals surface area (Å²) in [6.45, 7) is 0.349. The highest BCUT2D eigenvalue weighted by Crippen LogP contribution is 2.17. The number of ether oxygens (including phenoxy) is 1. The largest absolute Gasteiger partial charge is 0.497 e. The number of aliphatic hydroxyl groups excluding tert-OH is 1. The Hall–Kier alpha value is -2.47. The van der Waals surface area contributed by atoms with Crippen molar-refractivity contribution in [2.45, 2.75) is 12.5 Å². The van der Waals surface area contributed by atoms with Crippen LogP contribution < -0.4 is 15.4 Å². The van der Waals surface area contributed by atoms with Crippen molar-refractivity contribution in [3.8, 4) is 5.75 Å². The van der Waals surface area contributed by atoms with E-state index in [1.54, 1.807) is 37.4 Å². The first kappa shape index (κ1) is 14.9. The second-order valence-corrected chi connectivity index (χ2v) is 4.47. The van der Waals surface area contributed by atoms with Crippen LogP contribution in [0.2, 0.25) is 0 Å². The van der Waals surface area contributed by atoms with Crippen LogP contribution in [0.1, 0.15) is 18.1 Å². The van der Waals surface area contributed by atoms with Crippen LogP contribution in [0.3, 0.4) is 0 Å². The second-order valence-electron chi connectivity index (χ2n) is 4.47. The van der Waals surface area contributed by atoms with E-state index in [2.05, 4.69) is 10.6 Å². The Bertz CT molecular complexity index is 569. The Morgan fingerprint density at radius 3 is 3.00 bits per heavy atom. The second kappa shape index (κ2) is 7.35. The molecule has 1 heterocycles. The van der Waals surface area contributed by atoms with Crippen LogP contribution in [0.5, 0.6) is 5.75 Å². The third kappa shape index (κ3) is 4.54. The Labute approximate surface area is 122 Å². The van der Waals surface area contributed by atoms with Crippen molar-refractivity contribution in [1.29, 1.82) is 0 Å². The molecule has 112 valence electrons. The van der Waals surface area contributed by atoms with Crippen LogP contribution >= 0.6 is 0 Å². The summed E-state index contributed by atoms with van der Waals surface area (Å²) in [5.41, 5.74) is 1.34. The van der Waals surface area contributed by atoms with E-state index in [9.17, 15) is 9.90 Å². The van der Waals surface area contributed by atoms with E-state index >= 15 is 0 Å². The van der Waals surface area contributed by atoms with Gasteiger partial charge in [0.15, 0.2) is 0 Å². The summed E-state index contributed by atoms with van der Waals surface area (Å²) in [7, 11) is 1.57. The predicted octanol–water partition coefficient (Wildman–Crippen LogP) is 2.53. The fourth-order valence-electron chi connectivity index (χ4n) is 1.83. The molecule has 6 heteroatoms. The first-order chi connectivity index (χ1) is 10.2. The van der Waals surface area contributed by atoms with Gasteiger partial charge in [-0.05, 0) is 24.6 Å². The van der Waals surface area contributed by atoms with E-state index in [0.29, 0.717) is 30.0 Å². The molecule has 1 unspecified atom stereocenters. The molecule has 0 fully saturated rings. The van der Waals surface area contributed by atoms with Gasteiger partial charge in [0.25, 0.3) is 0 Å². The summed E-state index contributed by atoms with van der Waals surface area (Å²) in [5, 5.41) is 15.2. The van der Waals surface area contributed by atoms with Gasteiger partial charge in [-0.1, -0.05) is 6.07 Å². The minimum atomic E-state index is -0.652. The normalized spacial score (nSPS) is 11.7. The smallest absolute Gasteiger partial charge is 0.319 e. The van der Waals surface area contributed by atoms with Crippen LogP contribution in [-0.2, 0) is 0 Å². The molecule has 21 heavy (non-hydrogen) atoms. The van der Waals surface area contributed by atoms with Gasteiger partial charge in [-0.25, -0.2) is 4.79 Å². The highest BCUT2D eigenvalue weighted by Gasteiger charge is 2.09. The van der Waals surface area contributed by atoms with Gasteiger partial charge in [0.1, 0.15) is 5.75 Å². The number of furan rings is 1. The zero-order valence-corrected chi connectivity index (χ0v) is 11.7. The molecule has 0 aliphatic carbocycles. The van der Waals surface area contributed by atoms with Gasteiger partial charge in [0.2, 0.25) is 0 Å². The number of hydrogen-bond acceptors (Lipinski definition) is 4. The number of carbonyl (C=O) groups is 1. The van der Waals surface area contributed by atoms with Crippen LogP contribution in [0.4, 0.5) is 10.5 Å². The molecule has 0 aliphatic heterocycles. The Morgan fingerprint density at radius 1 is 1.43 bits per heavy atom. The van der Waals surface area contributed by atoms with Gasteiger partial charge in [-0.3, -0.25) is 0 Å². The number of anilines is 1. The van der Waals surface area contributed by atoms with Crippen LogP contribution in [0.25, 0.3) is 0 Å². The number of benzene rings is 1. The van der Waals surface area contributed by atoms with Crippen LogP contribution in [0, 0.1) is 0 Å². The first-order valence-corrected chi connectivity index (χ1v) is 6.58. The number of rotatable bonds is 6. The van der Waals surface area contributed by atoms with Gasteiger partial charge >= 0.3 is 6.03 Å². The summed E-state index contributed by atoms with van der Waals surface area (Å²) in [6.07, 6.45) is 2.74. The molecule has 6 nitrogen and oxygen atoms in total. The standard InChI is InChI=1S/C15H18N2O4/c1-20-13-4-2-3-12(9-13)17-15(19)16-7-5-14(18)11-6-8-21-10-11/h2-4,6,8-10,14,18H,5,7H2,1H3,(H2,16,17,19). The topological polar surface area (TPSA) is 83.7 Å². The molecular formula is C15H18N2O4. The van der Waals surface area contributed by atoms with E-state index in [-0.39, 0.29) is 6.03 Å². The molecule has 0 radical (unpaired) electrons. The zero-order valence-electron chi connectivity index (χ0n) is 11.7. The Morgan fingerprint density at radius 2 is 2.29 bits per heavy atom. The molecule has 0 saturated heterocycles. The van der Waals surface area contributed by atoms with E-state index in [4.69, 9.17) is 9.15 Å². The lowest BCUT2D eigenvalue weighted by atomic mass is 10.1. The Balaban J connectivity index is 1.74.